The molecule has 2 aromatic rings. The molecule has 3 rings (SSSR count). The van der Waals surface area contributed by atoms with E-state index in [2.05, 4.69) is 28.8 Å². The standard InChI is InChI=1S/C18H22N2O2/c1-12(16-10-19-11-16)18(21)20-9-13-3-4-15-8-17(22-2)6-5-14(15)7-13/h3-8,12,16,19H,9-11H2,1-2H3,(H,20,21). The minimum Gasteiger partial charge on any atom is -0.497 e. The van der Waals surface area contributed by atoms with Gasteiger partial charge in [-0.15, -0.1) is 0 Å². The number of carbonyl (C=O) groups is 1. The topological polar surface area (TPSA) is 50.4 Å². The first-order valence-corrected chi connectivity index (χ1v) is 7.72. The van der Waals surface area contributed by atoms with Crippen LogP contribution >= 0.6 is 0 Å². The number of hydrogen-bond acceptors (Lipinski definition) is 3. The number of benzene rings is 2. The van der Waals surface area contributed by atoms with Gasteiger partial charge in [-0.25, -0.2) is 0 Å². The van der Waals surface area contributed by atoms with E-state index in [4.69, 9.17) is 4.74 Å². The zero-order valence-electron chi connectivity index (χ0n) is 13.1. The zero-order valence-corrected chi connectivity index (χ0v) is 13.1. The Morgan fingerprint density at radius 3 is 2.68 bits per heavy atom. The molecule has 0 saturated carbocycles. The van der Waals surface area contributed by atoms with Crippen LogP contribution in [-0.2, 0) is 11.3 Å². The van der Waals surface area contributed by atoms with Crippen molar-refractivity contribution in [2.75, 3.05) is 20.2 Å². The molecule has 22 heavy (non-hydrogen) atoms. The Kier molecular flexibility index (Phi) is 4.29. The van der Waals surface area contributed by atoms with Crippen LogP contribution in [0.25, 0.3) is 10.8 Å². The van der Waals surface area contributed by atoms with Gasteiger partial charge >= 0.3 is 0 Å². The second kappa shape index (κ2) is 6.36. The van der Waals surface area contributed by atoms with Crippen LogP contribution in [-0.4, -0.2) is 26.1 Å². The maximum absolute atomic E-state index is 12.1. The van der Waals surface area contributed by atoms with Crippen LogP contribution in [0.15, 0.2) is 36.4 Å². The first kappa shape index (κ1) is 14.9. The Bertz CT molecular complexity index is 680. The molecule has 1 atom stereocenters. The molecule has 0 spiro atoms. The van der Waals surface area contributed by atoms with E-state index in [9.17, 15) is 4.79 Å². The van der Waals surface area contributed by atoms with Crippen molar-refractivity contribution >= 4 is 16.7 Å². The Hall–Kier alpha value is -2.07. The first-order valence-electron chi connectivity index (χ1n) is 7.72. The summed E-state index contributed by atoms with van der Waals surface area (Å²) in [5.41, 5.74) is 1.12. The molecule has 0 aliphatic carbocycles. The third-order valence-corrected chi connectivity index (χ3v) is 4.51. The predicted molar refractivity (Wildman–Crippen MR) is 87.9 cm³/mol. The lowest BCUT2D eigenvalue weighted by molar-refractivity contribution is -0.126. The number of ether oxygens (including phenoxy) is 1. The summed E-state index contributed by atoms with van der Waals surface area (Å²) in [6.07, 6.45) is 0. The Morgan fingerprint density at radius 1 is 1.27 bits per heavy atom. The molecule has 4 heteroatoms. The molecule has 1 amide bonds. The average molecular weight is 298 g/mol. The molecule has 1 unspecified atom stereocenters. The molecule has 0 radical (unpaired) electrons. The van der Waals surface area contributed by atoms with Crippen molar-refractivity contribution in [1.29, 1.82) is 0 Å². The van der Waals surface area contributed by atoms with E-state index in [1.807, 2.05) is 25.1 Å². The molecule has 1 fully saturated rings. The molecular weight excluding hydrogens is 276 g/mol. The highest BCUT2D eigenvalue weighted by molar-refractivity contribution is 5.84. The monoisotopic (exact) mass is 298 g/mol. The molecule has 2 N–H and O–H groups in total. The predicted octanol–water partition coefficient (Wildman–Crippen LogP) is 2.32. The zero-order chi connectivity index (χ0) is 15.5. The summed E-state index contributed by atoms with van der Waals surface area (Å²) in [6.45, 7) is 4.48. The third-order valence-electron chi connectivity index (χ3n) is 4.51. The fourth-order valence-electron chi connectivity index (χ4n) is 2.74. The number of hydrogen-bond donors (Lipinski definition) is 2. The quantitative estimate of drug-likeness (QED) is 0.890. The SMILES string of the molecule is COc1ccc2cc(CNC(=O)C(C)C3CNC3)ccc2c1. The molecule has 116 valence electrons. The normalized spacial score (nSPS) is 16.1. The van der Waals surface area contributed by atoms with Gasteiger partial charge in [-0.05, 0) is 53.5 Å². The maximum atomic E-state index is 12.1. The summed E-state index contributed by atoms with van der Waals surface area (Å²) < 4.78 is 5.23. The highest BCUT2D eigenvalue weighted by Gasteiger charge is 2.28. The number of rotatable bonds is 5. The van der Waals surface area contributed by atoms with Crippen LogP contribution in [0.5, 0.6) is 5.75 Å². The molecule has 4 nitrogen and oxygen atoms in total. The molecular formula is C18H22N2O2. The van der Waals surface area contributed by atoms with Crippen molar-refractivity contribution in [1.82, 2.24) is 10.6 Å². The van der Waals surface area contributed by atoms with Crippen LogP contribution < -0.4 is 15.4 Å². The Morgan fingerprint density at radius 2 is 2.00 bits per heavy atom. The average Bonchev–Trinajstić information content (AvgIpc) is 2.50. The van der Waals surface area contributed by atoms with E-state index in [1.54, 1.807) is 7.11 Å². The molecule has 2 aromatic carbocycles. The van der Waals surface area contributed by atoms with Crippen LogP contribution in [0.3, 0.4) is 0 Å². The summed E-state index contributed by atoms with van der Waals surface area (Å²) in [6, 6.07) is 12.3. The van der Waals surface area contributed by atoms with Crippen molar-refractivity contribution in [3.05, 3.63) is 42.0 Å². The minimum absolute atomic E-state index is 0.0750. The molecule has 0 bridgehead atoms. The maximum Gasteiger partial charge on any atom is 0.223 e. The van der Waals surface area contributed by atoms with Crippen molar-refractivity contribution in [2.24, 2.45) is 11.8 Å². The van der Waals surface area contributed by atoms with E-state index in [1.165, 1.54) is 0 Å². The summed E-state index contributed by atoms with van der Waals surface area (Å²) in [5, 5.41) is 8.55. The van der Waals surface area contributed by atoms with Crippen molar-refractivity contribution in [2.45, 2.75) is 13.5 Å². The van der Waals surface area contributed by atoms with Gasteiger partial charge < -0.3 is 15.4 Å². The highest BCUT2D eigenvalue weighted by atomic mass is 16.5. The smallest absolute Gasteiger partial charge is 0.223 e. The fourth-order valence-corrected chi connectivity index (χ4v) is 2.74. The van der Waals surface area contributed by atoms with Crippen LogP contribution in [0.4, 0.5) is 0 Å². The van der Waals surface area contributed by atoms with Crippen LogP contribution in [0.1, 0.15) is 12.5 Å². The second-order valence-electron chi connectivity index (χ2n) is 5.97. The minimum atomic E-state index is 0.0750. The summed E-state index contributed by atoms with van der Waals surface area (Å²) in [4.78, 5) is 12.1. The van der Waals surface area contributed by atoms with E-state index >= 15 is 0 Å². The Balaban J connectivity index is 1.65. The molecule has 1 saturated heterocycles. The summed E-state index contributed by atoms with van der Waals surface area (Å²) in [7, 11) is 1.67. The van der Waals surface area contributed by atoms with Gasteiger partial charge in [0.15, 0.2) is 0 Å². The van der Waals surface area contributed by atoms with Crippen LogP contribution in [0.2, 0.25) is 0 Å². The Labute approximate surface area is 130 Å². The highest BCUT2D eigenvalue weighted by Crippen LogP contribution is 2.22. The lowest BCUT2D eigenvalue weighted by Crippen LogP contribution is -2.49. The largest absolute Gasteiger partial charge is 0.497 e. The second-order valence-corrected chi connectivity index (χ2v) is 5.97. The molecule has 1 heterocycles. The van der Waals surface area contributed by atoms with Crippen molar-refractivity contribution in [3.63, 3.8) is 0 Å². The van der Waals surface area contributed by atoms with E-state index in [0.717, 1.165) is 35.2 Å². The summed E-state index contributed by atoms with van der Waals surface area (Å²) >= 11 is 0. The van der Waals surface area contributed by atoms with Gasteiger partial charge in [0.2, 0.25) is 5.91 Å². The number of amides is 1. The van der Waals surface area contributed by atoms with Crippen molar-refractivity contribution in [3.8, 4) is 5.75 Å². The number of nitrogens with one attached hydrogen (secondary N) is 2. The van der Waals surface area contributed by atoms with Crippen LogP contribution in [0, 0.1) is 11.8 Å². The molecule has 1 aliphatic rings. The number of methoxy groups -OCH3 is 1. The van der Waals surface area contributed by atoms with Gasteiger partial charge in [-0.1, -0.05) is 25.1 Å². The third kappa shape index (κ3) is 3.07. The summed E-state index contributed by atoms with van der Waals surface area (Å²) in [5.74, 6) is 1.55. The van der Waals surface area contributed by atoms with E-state index in [-0.39, 0.29) is 11.8 Å². The van der Waals surface area contributed by atoms with Gasteiger partial charge in [-0.2, -0.15) is 0 Å². The van der Waals surface area contributed by atoms with Gasteiger partial charge in [-0.3, -0.25) is 4.79 Å². The van der Waals surface area contributed by atoms with Gasteiger partial charge in [0, 0.05) is 12.5 Å². The lowest BCUT2D eigenvalue weighted by Gasteiger charge is -2.31. The van der Waals surface area contributed by atoms with Gasteiger partial charge in [0.25, 0.3) is 0 Å². The first-order chi connectivity index (χ1) is 10.7. The molecule has 1 aliphatic heterocycles. The van der Waals surface area contributed by atoms with E-state index < -0.39 is 0 Å². The van der Waals surface area contributed by atoms with Gasteiger partial charge in [0.05, 0.1) is 7.11 Å². The van der Waals surface area contributed by atoms with Gasteiger partial charge in [0.1, 0.15) is 5.75 Å². The number of carbonyl (C=O) groups excluding carboxylic acids is 1. The number of fused-ring (bicyclic) bond motifs is 1. The van der Waals surface area contributed by atoms with Crippen molar-refractivity contribution < 1.29 is 9.53 Å². The molecule has 0 aromatic heterocycles. The lowest BCUT2D eigenvalue weighted by atomic mass is 9.88. The fraction of sp³-hybridized carbons (Fsp3) is 0.389. The van der Waals surface area contributed by atoms with E-state index in [0.29, 0.717) is 12.5 Å².